The molecule has 2 aromatic rings. The second-order valence-electron chi connectivity index (χ2n) is 5.50. The monoisotopic (exact) mass is 339 g/mol. The van der Waals surface area contributed by atoms with Crippen molar-refractivity contribution in [2.75, 3.05) is 11.5 Å². The van der Waals surface area contributed by atoms with Crippen molar-refractivity contribution in [1.82, 2.24) is 9.88 Å². The fourth-order valence-electron chi connectivity index (χ4n) is 2.55. The van der Waals surface area contributed by atoms with Gasteiger partial charge in [0.15, 0.2) is 0 Å². The highest BCUT2D eigenvalue weighted by Crippen LogP contribution is 2.25. The molecule has 0 bridgehead atoms. The molecule has 1 N–H and O–H groups in total. The van der Waals surface area contributed by atoms with Crippen molar-refractivity contribution in [1.29, 1.82) is 0 Å². The number of anilines is 1. The molecule has 2 heterocycles. The van der Waals surface area contributed by atoms with E-state index in [4.69, 9.17) is 4.74 Å². The third-order valence-corrected chi connectivity index (χ3v) is 3.65. The average Bonchev–Trinajstić information content (AvgIpc) is 2.97. The minimum atomic E-state index is -0.783. The Kier molecular flexibility index (Phi) is 4.38. The van der Waals surface area contributed by atoms with E-state index in [1.165, 1.54) is 6.08 Å². The van der Waals surface area contributed by atoms with Gasteiger partial charge in [0.2, 0.25) is 0 Å². The fourth-order valence-corrected chi connectivity index (χ4v) is 2.55. The molecule has 0 radical (unpaired) electrons. The van der Waals surface area contributed by atoms with Crippen LogP contribution in [0.25, 0.3) is 6.08 Å². The third-order valence-electron chi connectivity index (χ3n) is 3.65. The van der Waals surface area contributed by atoms with Crippen LogP contribution in [0.5, 0.6) is 5.75 Å². The third kappa shape index (κ3) is 3.30. The first-order valence-electron chi connectivity index (χ1n) is 7.76. The van der Waals surface area contributed by atoms with Gasteiger partial charge in [-0.3, -0.25) is 14.9 Å². The number of ether oxygens (including phenoxy) is 1. The van der Waals surface area contributed by atoms with E-state index < -0.39 is 17.8 Å². The first-order valence-corrected chi connectivity index (χ1v) is 7.76. The van der Waals surface area contributed by atoms with Crippen LogP contribution >= 0.6 is 0 Å². The zero-order chi connectivity index (χ0) is 18.0. The van der Waals surface area contributed by atoms with Crippen LogP contribution in [0.2, 0.25) is 0 Å². The summed E-state index contributed by atoms with van der Waals surface area (Å²) in [4.78, 5) is 38.0. The van der Waals surface area contributed by atoms with Gasteiger partial charge in [-0.05, 0) is 36.8 Å². The number of nitrogens with zero attached hydrogens (tertiary/aromatic N) is 2. The molecule has 1 saturated heterocycles. The molecule has 1 aliphatic rings. The van der Waals surface area contributed by atoms with Crippen LogP contribution in [0, 0.1) is 0 Å². The molecule has 25 heavy (non-hydrogen) atoms. The molecular weight excluding hydrogens is 322 g/mol. The number of nitrogens with one attached hydrogen (secondary N) is 1. The summed E-state index contributed by atoms with van der Waals surface area (Å²) in [6.07, 6.45) is 5.03. The summed E-state index contributed by atoms with van der Waals surface area (Å²) in [5, 5.41) is 2.20. The molecule has 4 amide bonds. The lowest BCUT2D eigenvalue weighted by molar-refractivity contribution is -0.122. The molecular formula is C18H17N3O4. The Hall–Kier alpha value is -3.35. The number of carbonyl (C=O) groups is 3. The van der Waals surface area contributed by atoms with Gasteiger partial charge in [-0.15, -0.1) is 0 Å². The number of hydrogen-bond acceptors (Lipinski definition) is 4. The van der Waals surface area contributed by atoms with Crippen LogP contribution in [-0.2, 0) is 16.6 Å². The Balaban J connectivity index is 1.98. The summed E-state index contributed by atoms with van der Waals surface area (Å²) < 4.78 is 7.20. The van der Waals surface area contributed by atoms with Crippen LogP contribution in [-0.4, -0.2) is 29.0 Å². The molecule has 128 valence electrons. The van der Waals surface area contributed by atoms with E-state index in [0.717, 1.165) is 4.90 Å². The Morgan fingerprint density at radius 2 is 2.00 bits per heavy atom. The van der Waals surface area contributed by atoms with Crippen molar-refractivity contribution in [3.63, 3.8) is 0 Å². The predicted molar refractivity (Wildman–Crippen MR) is 92.0 cm³/mol. The van der Waals surface area contributed by atoms with Crippen LogP contribution in [0.4, 0.5) is 10.5 Å². The summed E-state index contributed by atoms with van der Waals surface area (Å²) in [7, 11) is 1.83. The van der Waals surface area contributed by atoms with Gasteiger partial charge in [0, 0.05) is 25.5 Å². The van der Waals surface area contributed by atoms with Crippen molar-refractivity contribution < 1.29 is 19.1 Å². The maximum atomic E-state index is 12.8. The number of aryl methyl sites for hydroxylation is 1. The maximum absolute atomic E-state index is 12.8. The van der Waals surface area contributed by atoms with Crippen LogP contribution in [0.3, 0.4) is 0 Å². The lowest BCUT2D eigenvalue weighted by Crippen LogP contribution is -2.54. The normalized spacial score (nSPS) is 16.3. The highest BCUT2D eigenvalue weighted by atomic mass is 16.5. The number of urea groups is 1. The van der Waals surface area contributed by atoms with E-state index in [1.807, 2.05) is 14.0 Å². The Bertz CT molecular complexity index is 882. The lowest BCUT2D eigenvalue weighted by Gasteiger charge is -2.26. The number of aromatic nitrogens is 1. The van der Waals surface area contributed by atoms with Crippen molar-refractivity contribution in [2.24, 2.45) is 7.05 Å². The number of hydrogen-bond donors (Lipinski definition) is 1. The molecule has 0 aliphatic carbocycles. The highest BCUT2D eigenvalue weighted by Gasteiger charge is 2.36. The molecule has 1 aromatic carbocycles. The summed E-state index contributed by atoms with van der Waals surface area (Å²) in [6, 6.07) is 7.58. The minimum Gasteiger partial charge on any atom is -0.494 e. The zero-order valence-corrected chi connectivity index (χ0v) is 13.9. The van der Waals surface area contributed by atoms with Crippen molar-refractivity contribution in [3.05, 3.63) is 53.9 Å². The molecule has 0 saturated carbocycles. The number of amides is 4. The van der Waals surface area contributed by atoms with Crippen molar-refractivity contribution in [3.8, 4) is 5.75 Å². The van der Waals surface area contributed by atoms with E-state index in [-0.39, 0.29) is 5.57 Å². The molecule has 7 heteroatoms. The largest absolute Gasteiger partial charge is 0.494 e. The number of carbonyl (C=O) groups excluding carboxylic acids is 3. The lowest BCUT2D eigenvalue weighted by atomic mass is 10.1. The summed E-state index contributed by atoms with van der Waals surface area (Å²) in [5.41, 5.74) is 0.922. The molecule has 1 aliphatic heterocycles. The quantitative estimate of drug-likeness (QED) is 0.683. The van der Waals surface area contributed by atoms with Crippen LogP contribution in [0.15, 0.2) is 48.3 Å². The second-order valence-corrected chi connectivity index (χ2v) is 5.50. The van der Waals surface area contributed by atoms with Gasteiger partial charge in [-0.1, -0.05) is 6.07 Å². The van der Waals surface area contributed by atoms with Gasteiger partial charge in [0.05, 0.1) is 12.3 Å². The average molecular weight is 339 g/mol. The van der Waals surface area contributed by atoms with E-state index in [1.54, 1.807) is 47.3 Å². The standard InChI is InChI=1S/C18H17N3O4/c1-3-25-14-6-4-5-13(10-14)21-17(23)15(16(22)19-18(21)24)9-12-7-8-20(2)11-12/h4-11H,3H2,1-2H3,(H,19,22,24)/b15-9-. The fraction of sp³-hybridized carbons (Fsp3) is 0.167. The molecule has 0 atom stereocenters. The number of imide groups is 2. The molecule has 7 nitrogen and oxygen atoms in total. The molecule has 3 rings (SSSR count). The SMILES string of the molecule is CCOc1cccc(N2C(=O)NC(=O)/C(=C/c3ccn(C)c3)C2=O)c1. The van der Waals surface area contributed by atoms with Gasteiger partial charge >= 0.3 is 6.03 Å². The second kappa shape index (κ2) is 6.64. The van der Waals surface area contributed by atoms with Crippen LogP contribution in [0.1, 0.15) is 12.5 Å². The topological polar surface area (TPSA) is 80.6 Å². The van der Waals surface area contributed by atoms with E-state index >= 15 is 0 Å². The first kappa shape index (κ1) is 16.5. The Morgan fingerprint density at radius 1 is 1.20 bits per heavy atom. The zero-order valence-electron chi connectivity index (χ0n) is 13.9. The van der Waals surface area contributed by atoms with Crippen molar-refractivity contribution in [2.45, 2.75) is 6.92 Å². The highest BCUT2D eigenvalue weighted by molar-refractivity contribution is 6.39. The number of rotatable bonds is 4. The van der Waals surface area contributed by atoms with E-state index in [0.29, 0.717) is 23.6 Å². The molecule has 1 aromatic heterocycles. The Morgan fingerprint density at radius 3 is 2.68 bits per heavy atom. The number of benzene rings is 1. The van der Waals surface area contributed by atoms with Gasteiger partial charge in [0.1, 0.15) is 11.3 Å². The van der Waals surface area contributed by atoms with E-state index in [2.05, 4.69) is 5.32 Å². The van der Waals surface area contributed by atoms with Crippen molar-refractivity contribution >= 4 is 29.6 Å². The predicted octanol–water partition coefficient (Wildman–Crippen LogP) is 2.09. The first-order chi connectivity index (χ1) is 12.0. The maximum Gasteiger partial charge on any atom is 0.335 e. The molecule has 1 fully saturated rings. The summed E-state index contributed by atoms with van der Waals surface area (Å²) >= 11 is 0. The Labute approximate surface area is 144 Å². The van der Waals surface area contributed by atoms with Gasteiger partial charge in [-0.25, -0.2) is 9.69 Å². The van der Waals surface area contributed by atoms with Crippen LogP contribution < -0.4 is 15.0 Å². The number of barbiturate groups is 1. The van der Waals surface area contributed by atoms with E-state index in [9.17, 15) is 14.4 Å². The van der Waals surface area contributed by atoms with Gasteiger partial charge < -0.3 is 9.30 Å². The smallest absolute Gasteiger partial charge is 0.335 e. The minimum absolute atomic E-state index is 0.104. The molecule has 0 spiro atoms. The van der Waals surface area contributed by atoms with Gasteiger partial charge in [0.25, 0.3) is 11.8 Å². The van der Waals surface area contributed by atoms with Gasteiger partial charge in [-0.2, -0.15) is 0 Å². The summed E-state index contributed by atoms with van der Waals surface area (Å²) in [5.74, 6) is -0.853. The summed E-state index contributed by atoms with van der Waals surface area (Å²) in [6.45, 7) is 2.30. The molecule has 0 unspecified atom stereocenters.